The Hall–Kier alpha value is -2.78. The van der Waals surface area contributed by atoms with Crippen molar-refractivity contribution in [3.05, 3.63) is 56.9 Å². The first-order chi connectivity index (χ1) is 15.8. The van der Waals surface area contributed by atoms with Gasteiger partial charge in [0.15, 0.2) is 23.3 Å². The van der Waals surface area contributed by atoms with E-state index in [1.807, 2.05) is 38.1 Å². The summed E-state index contributed by atoms with van der Waals surface area (Å²) in [6.07, 6.45) is 1.78. The highest BCUT2D eigenvalue weighted by atomic mass is 79.9. The summed E-state index contributed by atoms with van der Waals surface area (Å²) in [7, 11) is 1.71. The van der Waals surface area contributed by atoms with Crippen LogP contribution in [0.15, 0.2) is 50.8 Å². The number of aryl methyl sites for hydroxylation is 1. The third-order valence-electron chi connectivity index (χ3n) is 4.53. The van der Waals surface area contributed by atoms with Crippen LogP contribution in [0.2, 0.25) is 0 Å². The van der Waals surface area contributed by atoms with Gasteiger partial charge in [0.2, 0.25) is 0 Å². The van der Waals surface area contributed by atoms with Gasteiger partial charge in [-0.2, -0.15) is 0 Å². The number of rotatable bonds is 8. The lowest BCUT2D eigenvalue weighted by Crippen LogP contribution is -2.23. The van der Waals surface area contributed by atoms with Crippen molar-refractivity contribution in [2.24, 2.45) is 4.99 Å². The topological polar surface area (TPSA) is 77.4 Å². The summed E-state index contributed by atoms with van der Waals surface area (Å²) in [5.74, 6) is 0.258. The van der Waals surface area contributed by atoms with E-state index < -0.39 is 5.97 Å². The molecule has 1 aliphatic heterocycles. The van der Waals surface area contributed by atoms with Crippen molar-refractivity contribution in [1.82, 2.24) is 4.90 Å². The number of amides is 1. The maximum absolute atomic E-state index is 12.8. The monoisotopic (exact) mass is 532 g/mol. The Labute approximate surface area is 205 Å². The van der Waals surface area contributed by atoms with Crippen molar-refractivity contribution in [3.63, 3.8) is 0 Å². The maximum Gasteiger partial charge on any atom is 0.344 e. The van der Waals surface area contributed by atoms with Gasteiger partial charge in [0.05, 0.1) is 28.3 Å². The first kappa shape index (κ1) is 24.9. The predicted octanol–water partition coefficient (Wildman–Crippen LogP) is 5.33. The van der Waals surface area contributed by atoms with Gasteiger partial charge in [-0.25, -0.2) is 9.79 Å². The summed E-state index contributed by atoms with van der Waals surface area (Å²) in [4.78, 5) is 31.1. The van der Waals surface area contributed by atoms with E-state index in [1.54, 1.807) is 32.2 Å². The number of benzene rings is 2. The third kappa shape index (κ3) is 6.39. The first-order valence-corrected chi connectivity index (χ1v) is 12.0. The number of carbonyl (C=O) groups excluding carboxylic acids is 2. The van der Waals surface area contributed by atoms with E-state index in [9.17, 15) is 9.59 Å². The molecule has 33 heavy (non-hydrogen) atoms. The average molecular weight is 533 g/mol. The molecule has 1 aliphatic rings. The average Bonchev–Trinajstić information content (AvgIpc) is 3.03. The Bertz CT molecular complexity index is 1100. The molecular weight excluding hydrogens is 508 g/mol. The molecule has 0 bridgehead atoms. The molecule has 3 rings (SSSR count). The molecule has 0 N–H and O–H groups in total. The second-order valence-corrected chi connectivity index (χ2v) is 8.92. The normalized spacial score (nSPS) is 15.9. The molecule has 2 aromatic carbocycles. The van der Waals surface area contributed by atoms with Crippen LogP contribution in [0, 0.1) is 6.92 Å². The van der Waals surface area contributed by atoms with Crippen LogP contribution in [0.5, 0.6) is 11.5 Å². The molecule has 1 amide bonds. The highest BCUT2D eigenvalue weighted by molar-refractivity contribution is 9.10. The maximum atomic E-state index is 12.8. The number of hydrogen-bond acceptors (Lipinski definition) is 7. The minimum atomic E-state index is -0.463. The van der Waals surface area contributed by atoms with Crippen molar-refractivity contribution in [3.8, 4) is 11.5 Å². The number of hydrogen-bond donors (Lipinski definition) is 0. The van der Waals surface area contributed by atoms with Gasteiger partial charge < -0.3 is 14.2 Å². The summed E-state index contributed by atoms with van der Waals surface area (Å²) < 4.78 is 16.8. The second-order valence-electron chi connectivity index (χ2n) is 7.06. The van der Waals surface area contributed by atoms with Crippen LogP contribution in [0.1, 0.15) is 25.0 Å². The number of thioether (sulfide) groups is 1. The predicted molar refractivity (Wildman–Crippen MR) is 134 cm³/mol. The van der Waals surface area contributed by atoms with Crippen molar-refractivity contribution in [2.45, 2.75) is 20.8 Å². The van der Waals surface area contributed by atoms with Gasteiger partial charge in [-0.05, 0) is 84.4 Å². The van der Waals surface area contributed by atoms with E-state index in [0.717, 1.165) is 16.8 Å². The minimum absolute atomic E-state index is 0.136. The molecule has 1 saturated heterocycles. The van der Waals surface area contributed by atoms with Gasteiger partial charge in [-0.15, -0.1) is 0 Å². The Morgan fingerprint density at radius 2 is 1.88 bits per heavy atom. The van der Waals surface area contributed by atoms with Gasteiger partial charge in [0.1, 0.15) is 0 Å². The van der Waals surface area contributed by atoms with Crippen LogP contribution in [0.4, 0.5) is 5.69 Å². The van der Waals surface area contributed by atoms with Crippen LogP contribution in [-0.4, -0.2) is 48.8 Å². The van der Waals surface area contributed by atoms with Crippen LogP contribution in [-0.2, 0) is 14.3 Å². The smallest absolute Gasteiger partial charge is 0.344 e. The van der Waals surface area contributed by atoms with Gasteiger partial charge in [-0.3, -0.25) is 9.69 Å². The SMILES string of the molecule is CCOC(=O)COc1c(Br)cc(/C=C2/SC(=Nc3ccc(C)cc3)N(C)C2=O)cc1OCC. The zero-order valence-corrected chi connectivity index (χ0v) is 21.3. The second kappa shape index (κ2) is 11.4. The van der Waals surface area contributed by atoms with Crippen LogP contribution < -0.4 is 9.47 Å². The molecule has 0 spiro atoms. The van der Waals surface area contributed by atoms with E-state index in [4.69, 9.17) is 14.2 Å². The summed E-state index contributed by atoms with van der Waals surface area (Å²) >= 11 is 4.79. The number of amidine groups is 1. The highest BCUT2D eigenvalue weighted by Gasteiger charge is 2.30. The Morgan fingerprint density at radius 3 is 2.55 bits per heavy atom. The van der Waals surface area contributed by atoms with Crippen molar-refractivity contribution in [2.75, 3.05) is 26.9 Å². The summed E-state index contributed by atoms with van der Waals surface area (Å²) in [5.41, 5.74) is 2.68. The summed E-state index contributed by atoms with van der Waals surface area (Å²) in [6, 6.07) is 11.4. The van der Waals surface area contributed by atoms with Crippen LogP contribution in [0.25, 0.3) is 6.08 Å². The van der Waals surface area contributed by atoms with Crippen LogP contribution >= 0.6 is 27.7 Å². The zero-order chi connectivity index (χ0) is 24.0. The third-order valence-corrected chi connectivity index (χ3v) is 6.18. The molecular formula is C24H25BrN2O5S. The largest absolute Gasteiger partial charge is 0.490 e. The molecule has 0 unspecified atom stereocenters. The fraction of sp³-hybridized carbons (Fsp3) is 0.292. The molecule has 2 aromatic rings. The number of esters is 1. The standard InChI is InChI=1S/C24H25BrN2O5S/c1-5-30-19-12-16(11-18(25)22(19)32-14-21(28)31-6-2)13-20-23(29)27(4)24(33-20)26-17-9-7-15(3)8-10-17/h7-13H,5-6,14H2,1-4H3/b20-13+,26-24?. The lowest BCUT2D eigenvalue weighted by Gasteiger charge is -2.14. The summed E-state index contributed by atoms with van der Waals surface area (Å²) in [5, 5.41) is 0.605. The van der Waals surface area contributed by atoms with E-state index in [0.29, 0.717) is 32.7 Å². The fourth-order valence-corrected chi connectivity index (χ4v) is 4.50. The number of ether oxygens (including phenoxy) is 3. The molecule has 0 saturated carbocycles. The minimum Gasteiger partial charge on any atom is -0.490 e. The lowest BCUT2D eigenvalue weighted by atomic mass is 10.2. The number of carbonyl (C=O) groups is 2. The Kier molecular flexibility index (Phi) is 8.57. The van der Waals surface area contributed by atoms with E-state index in [1.165, 1.54) is 16.7 Å². The van der Waals surface area contributed by atoms with Gasteiger partial charge in [0.25, 0.3) is 5.91 Å². The number of aliphatic imine (C=N–C) groups is 1. The van der Waals surface area contributed by atoms with Gasteiger partial charge >= 0.3 is 5.97 Å². The first-order valence-electron chi connectivity index (χ1n) is 10.4. The van der Waals surface area contributed by atoms with Crippen molar-refractivity contribution < 1.29 is 23.8 Å². The molecule has 0 atom stereocenters. The molecule has 0 radical (unpaired) electrons. The molecule has 174 valence electrons. The molecule has 1 heterocycles. The molecule has 9 heteroatoms. The van der Waals surface area contributed by atoms with E-state index in [-0.39, 0.29) is 19.1 Å². The number of halogens is 1. The molecule has 7 nitrogen and oxygen atoms in total. The van der Waals surface area contributed by atoms with E-state index in [2.05, 4.69) is 20.9 Å². The Balaban J connectivity index is 1.86. The van der Waals surface area contributed by atoms with Gasteiger partial charge in [0, 0.05) is 7.05 Å². The van der Waals surface area contributed by atoms with Crippen molar-refractivity contribution in [1.29, 1.82) is 0 Å². The zero-order valence-electron chi connectivity index (χ0n) is 18.9. The summed E-state index contributed by atoms with van der Waals surface area (Å²) in [6.45, 7) is 6.06. The molecule has 1 fully saturated rings. The Morgan fingerprint density at radius 1 is 1.15 bits per heavy atom. The number of likely N-dealkylation sites (N-methyl/N-ethyl adjacent to an activating group) is 1. The van der Waals surface area contributed by atoms with E-state index >= 15 is 0 Å². The molecule has 0 aromatic heterocycles. The van der Waals surface area contributed by atoms with Crippen molar-refractivity contribution >= 4 is 56.5 Å². The molecule has 0 aliphatic carbocycles. The lowest BCUT2D eigenvalue weighted by molar-refractivity contribution is -0.145. The fourth-order valence-electron chi connectivity index (χ4n) is 2.94. The quantitative estimate of drug-likeness (QED) is 0.337. The van der Waals surface area contributed by atoms with Crippen LogP contribution in [0.3, 0.4) is 0 Å². The number of nitrogens with zero attached hydrogens (tertiary/aromatic N) is 2. The highest BCUT2D eigenvalue weighted by Crippen LogP contribution is 2.39. The van der Waals surface area contributed by atoms with Gasteiger partial charge in [-0.1, -0.05) is 17.7 Å².